The predicted octanol–water partition coefficient (Wildman–Crippen LogP) is 3.45. The van der Waals surface area contributed by atoms with Gasteiger partial charge in [-0.2, -0.15) is 0 Å². The van der Waals surface area contributed by atoms with Crippen LogP contribution in [0.4, 0.5) is 5.69 Å². The molecule has 0 atom stereocenters. The largest absolute Gasteiger partial charge is 0.497 e. The highest BCUT2D eigenvalue weighted by Crippen LogP contribution is 2.31. The topological polar surface area (TPSA) is 30.8 Å². The van der Waals surface area contributed by atoms with Crippen LogP contribution in [0.5, 0.6) is 11.5 Å². The first-order valence-electron chi connectivity index (χ1n) is 5.64. The molecular formula is C15H15NO2. The maximum Gasteiger partial charge on any atom is 0.148 e. The quantitative estimate of drug-likeness (QED) is 0.767. The van der Waals surface area contributed by atoms with Crippen molar-refractivity contribution < 1.29 is 9.47 Å². The van der Waals surface area contributed by atoms with Crippen LogP contribution in [-0.2, 0) is 0 Å². The van der Waals surface area contributed by atoms with E-state index in [9.17, 15) is 0 Å². The maximum atomic E-state index is 5.28. The van der Waals surface area contributed by atoms with Gasteiger partial charge in [0.15, 0.2) is 0 Å². The SMILES string of the molecule is COc1ccc(N=Cc2ccccc2)c(OC)c1. The molecule has 0 spiro atoms. The van der Waals surface area contributed by atoms with Crippen LogP contribution in [-0.4, -0.2) is 20.4 Å². The molecular weight excluding hydrogens is 226 g/mol. The highest BCUT2D eigenvalue weighted by molar-refractivity contribution is 5.82. The summed E-state index contributed by atoms with van der Waals surface area (Å²) in [7, 11) is 3.25. The Bertz CT molecular complexity index is 535. The van der Waals surface area contributed by atoms with Gasteiger partial charge in [0, 0.05) is 12.3 Å². The standard InChI is InChI=1S/C15H15NO2/c1-17-13-8-9-14(15(10-13)18-2)16-11-12-6-4-3-5-7-12/h3-11H,1-2H3. The Morgan fingerprint density at radius 1 is 0.944 bits per heavy atom. The van der Waals surface area contributed by atoms with Crippen molar-refractivity contribution in [3.63, 3.8) is 0 Å². The van der Waals surface area contributed by atoms with Crippen LogP contribution in [0.2, 0.25) is 0 Å². The zero-order valence-electron chi connectivity index (χ0n) is 10.5. The van der Waals surface area contributed by atoms with E-state index >= 15 is 0 Å². The fourth-order valence-corrected chi connectivity index (χ4v) is 1.57. The van der Waals surface area contributed by atoms with Gasteiger partial charge < -0.3 is 9.47 Å². The molecule has 18 heavy (non-hydrogen) atoms. The normalized spacial score (nSPS) is 10.6. The van der Waals surface area contributed by atoms with E-state index in [1.54, 1.807) is 14.2 Å². The summed E-state index contributed by atoms with van der Waals surface area (Å²) >= 11 is 0. The lowest BCUT2D eigenvalue weighted by atomic mass is 10.2. The van der Waals surface area contributed by atoms with Gasteiger partial charge in [-0.05, 0) is 17.7 Å². The molecule has 0 amide bonds. The van der Waals surface area contributed by atoms with Gasteiger partial charge in [-0.3, -0.25) is 4.99 Å². The summed E-state index contributed by atoms with van der Waals surface area (Å²) < 4.78 is 10.4. The Labute approximate surface area is 107 Å². The van der Waals surface area contributed by atoms with E-state index in [1.807, 2.05) is 54.7 Å². The van der Waals surface area contributed by atoms with E-state index in [4.69, 9.17) is 9.47 Å². The minimum absolute atomic E-state index is 0.696. The van der Waals surface area contributed by atoms with Crippen LogP contribution < -0.4 is 9.47 Å². The first-order valence-corrected chi connectivity index (χ1v) is 5.64. The number of rotatable bonds is 4. The molecule has 0 aromatic heterocycles. The Kier molecular flexibility index (Phi) is 3.97. The van der Waals surface area contributed by atoms with E-state index in [0.717, 1.165) is 17.0 Å². The number of benzene rings is 2. The minimum atomic E-state index is 0.696. The molecule has 0 saturated carbocycles. The monoisotopic (exact) mass is 241 g/mol. The molecule has 2 aromatic rings. The van der Waals surface area contributed by atoms with Crippen molar-refractivity contribution in [2.75, 3.05) is 14.2 Å². The smallest absolute Gasteiger partial charge is 0.148 e. The third-order valence-corrected chi connectivity index (χ3v) is 2.54. The lowest BCUT2D eigenvalue weighted by molar-refractivity contribution is 0.395. The molecule has 0 saturated heterocycles. The summed E-state index contributed by atoms with van der Waals surface area (Å²) in [5.41, 5.74) is 1.83. The fourth-order valence-electron chi connectivity index (χ4n) is 1.57. The highest BCUT2D eigenvalue weighted by Gasteiger charge is 2.02. The van der Waals surface area contributed by atoms with Crippen molar-refractivity contribution in [3.05, 3.63) is 54.1 Å². The van der Waals surface area contributed by atoms with E-state index in [-0.39, 0.29) is 0 Å². The summed E-state index contributed by atoms with van der Waals surface area (Å²) in [6.07, 6.45) is 1.81. The second kappa shape index (κ2) is 5.87. The third-order valence-electron chi connectivity index (χ3n) is 2.54. The van der Waals surface area contributed by atoms with E-state index < -0.39 is 0 Å². The molecule has 0 N–H and O–H groups in total. The first kappa shape index (κ1) is 12.2. The van der Waals surface area contributed by atoms with Crippen molar-refractivity contribution in [3.8, 4) is 11.5 Å². The molecule has 0 radical (unpaired) electrons. The lowest BCUT2D eigenvalue weighted by Crippen LogP contribution is -1.87. The molecule has 0 fully saturated rings. The number of aliphatic imine (C=N–C) groups is 1. The van der Waals surface area contributed by atoms with Crippen LogP contribution in [0.1, 0.15) is 5.56 Å². The Morgan fingerprint density at radius 2 is 1.72 bits per heavy atom. The number of ether oxygens (including phenoxy) is 2. The van der Waals surface area contributed by atoms with E-state index in [0.29, 0.717) is 5.75 Å². The van der Waals surface area contributed by atoms with Gasteiger partial charge in [0.1, 0.15) is 17.2 Å². The fraction of sp³-hybridized carbons (Fsp3) is 0.133. The molecule has 3 nitrogen and oxygen atoms in total. The molecule has 3 heteroatoms. The summed E-state index contributed by atoms with van der Waals surface area (Å²) in [6, 6.07) is 15.5. The van der Waals surface area contributed by atoms with Crippen molar-refractivity contribution >= 4 is 11.9 Å². The van der Waals surface area contributed by atoms with Crippen molar-refractivity contribution in [1.82, 2.24) is 0 Å². The minimum Gasteiger partial charge on any atom is -0.497 e. The number of hydrogen-bond acceptors (Lipinski definition) is 3. The maximum absolute atomic E-state index is 5.28. The molecule has 0 aliphatic rings. The van der Waals surface area contributed by atoms with Crippen LogP contribution >= 0.6 is 0 Å². The average Bonchev–Trinajstić information content (AvgIpc) is 2.46. The number of hydrogen-bond donors (Lipinski definition) is 0. The van der Waals surface area contributed by atoms with Gasteiger partial charge in [-0.1, -0.05) is 30.3 Å². The molecule has 0 aliphatic heterocycles. The van der Waals surface area contributed by atoms with Gasteiger partial charge in [0.2, 0.25) is 0 Å². The van der Waals surface area contributed by atoms with Gasteiger partial charge in [-0.25, -0.2) is 0 Å². The van der Waals surface area contributed by atoms with Crippen molar-refractivity contribution in [1.29, 1.82) is 0 Å². The Morgan fingerprint density at radius 3 is 2.39 bits per heavy atom. The number of nitrogens with zero attached hydrogens (tertiary/aromatic N) is 1. The predicted molar refractivity (Wildman–Crippen MR) is 73.2 cm³/mol. The third kappa shape index (κ3) is 2.88. The Hall–Kier alpha value is -2.29. The van der Waals surface area contributed by atoms with Gasteiger partial charge >= 0.3 is 0 Å². The second-order valence-electron chi connectivity index (χ2n) is 3.71. The van der Waals surface area contributed by atoms with E-state index in [2.05, 4.69) is 4.99 Å². The molecule has 0 bridgehead atoms. The van der Waals surface area contributed by atoms with E-state index in [1.165, 1.54) is 0 Å². The summed E-state index contributed by atoms with van der Waals surface area (Å²) in [5, 5.41) is 0. The van der Waals surface area contributed by atoms with Gasteiger partial charge in [-0.15, -0.1) is 0 Å². The summed E-state index contributed by atoms with van der Waals surface area (Å²) in [5.74, 6) is 1.45. The summed E-state index contributed by atoms with van der Waals surface area (Å²) in [6.45, 7) is 0. The zero-order chi connectivity index (χ0) is 12.8. The highest BCUT2D eigenvalue weighted by atomic mass is 16.5. The Balaban J connectivity index is 2.26. The van der Waals surface area contributed by atoms with Crippen LogP contribution in [0.15, 0.2) is 53.5 Å². The molecule has 0 unspecified atom stereocenters. The zero-order valence-corrected chi connectivity index (χ0v) is 10.5. The van der Waals surface area contributed by atoms with Crippen LogP contribution in [0.3, 0.4) is 0 Å². The van der Waals surface area contributed by atoms with Crippen molar-refractivity contribution in [2.24, 2.45) is 4.99 Å². The molecule has 0 aliphatic carbocycles. The molecule has 2 aromatic carbocycles. The average molecular weight is 241 g/mol. The van der Waals surface area contributed by atoms with Gasteiger partial charge in [0.05, 0.1) is 14.2 Å². The van der Waals surface area contributed by atoms with Crippen LogP contribution in [0, 0.1) is 0 Å². The van der Waals surface area contributed by atoms with Crippen LogP contribution in [0.25, 0.3) is 0 Å². The van der Waals surface area contributed by atoms with Crippen molar-refractivity contribution in [2.45, 2.75) is 0 Å². The molecule has 2 rings (SSSR count). The van der Waals surface area contributed by atoms with Gasteiger partial charge in [0.25, 0.3) is 0 Å². The lowest BCUT2D eigenvalue weighted by Gasteiger charge is -2.06. The summed E-state index contributed by atoms with van der Waals surface area (Å²) in [4.78, 5) is 4.42. The molecule has 92 valence electrons. The first-order chi connectivity index (χ1) is 8.83. The number of methoxy groups -OCH3 is 2. The molecule has 0 heterocycles. The second-order valence-corrected chi connectivity index (χ2v) is 3.71.